The predicted octanol–water partition coefficient (Wildman–Crippen LogP) is 2.58. The molecule has 0 aromatic carbocycles. The van der Waals surface area contributed by atoms with Crippen molar-refractivity contribution in [1.29, 1.82) is 0 Å². The maximum atomic E-state index is 12.5. The molecule has 1 atom stereocenters. The standard InChI is InChI=1S/C13H22F3NO2/c1-9(18)7-8-17(2)12(19)10-3-5-11(6-4-10)13(14,15)16/h9-11,18H,3-8H2,1-2H3. The van der Waals surface area contributed by atoms with Gasteiger partial charge in [0.15, 0.2) is 0 Å². The number of amides is 1. The van der Waals surface area contributed by atoms with Gasteiger partial charge in [0, 0.05) is 19.5 Å². The Balaban J connectivity index is 2.40. The Labute approximate surface area is 111 Å². The average molecular weight is 281 g/mol. The fourth-order valence-corrected chi connectivity index (χ4v) is 2.47. The number of hydrogen-bond acceptors (Lipinski definition) is 2. The summed E-state index contributed by atoms with van der Waals surface area (Å²) in [5.74, 6) is -1.64. The first-order valence-corrected chi connectivity index (χ1v) is 6.71. The second-order valence-electron chi connectivity index (χ2n) is 5.49. The van der Waals surface area contributed by atoms with Gasteiger partial charge in [-0.25, -0.2) is 0 Å². The van der Waals surface area contributed by atoms with Crippen LogP contribution in [0, 0.1) is 11.8 Å². The van der Waals surface area contributed by atoms with Gasteiger partial charge in [-0.3, -0.25) is 4.79 Å². The number of halogens is 3. The highest BCUT2D eigenvalue weighted by atomic mass is 19.4. The van der Waals surface area contributed by atoms with Crippen molar-refractivity contribution in [3.8, 4) is 0 Å². The number of carbonyl (C=O) groups excluding carboxylic acids is 1. The van der Waals surface area contributed by atoms with Crippen LogP contribution in [0.1, 0.15) is 39.0 Å². The molecule has 19 heavy (non-hydrogen) atoms. The molecule has 0 heterocycles. The molecule has 0 radical (unpaired) electrons. The molecule has 0 saturated heterocycles. The quantitative estimate of drug-likeness (QED) is 0.860. The van der Waals surface area contributed by atoms with Gasteiger partial charge < -0.3 is 10.0 Å². The normalized spacial score (nSPS) is 26.0. The Hall–Kier alpha value is -0.780. The van der Waals surface area contributed by atoms with Crippen molar-refractivity contribution >= 4 is 5.91 Å². The molecular weight excluding hydrogens is 259 g/mol. The number of hydrogen-bond donors (Lipinski definition) is 1. The zero-order chi connectivity index (χ0) is 14.6. The minimum atomic E-state index is -4.13. The average Bonchev–Trinajstić information content (AvgIpc) is 2.34. The van der Waals surface area contributed by atoms with E-state index < -0.39 is 18.2 Å². The first kappa shape index (κ1) is 16.3. The third-order valence-electron chi connectivity index (χ3n) is 3.80. The fraction of sp³-hybridized carbons (Fsp3) is 0.923. The van der Waals surface area contributed by atoms with Gasteiger partial charge in [-0.1, -0.05) is 0 Å². The van der Waals surface area contributed by atoms with Gasteiger partial charge in [-0.2, -0.15) is 13.2 Å². The van der Waals surface area contributed by atoms with Crippen LogP contribution in [0.4, 0.5) is 13.2 Å². The molecule has 1 fully saturated rings. The van der Waals surface area contributed by atoms with Crippen molar-refractivity contribution in [2.24, 2.45) is 11.8 Å². The predicted molar refractivity (Wildman–Crippen MR) is 65.4 cm³/mol. The van der Waals surface area contributed by atoms with Crippen LogP contribution in [-0.2, 0) is 4.79 Å². The summed E-state index contributed by atoms with van der Waals surface area (Å²) in [5.41, 5.74) is 0. The molecule has 0 aromatic rings. The highest BCUT2D eigenvalue weighted by molar-refractivity contribution is 5.78. The highest BCUT2D eigenvalue weighted by Crippen LogP contribution is 2.39. The third-order valence-corrected chi connectivity index (χ3v) is 3.80. The Morgan fingerprint density at radius 3 is 2.26 bits per heavy atom. The van der Waals surface area contributed by atoms with E-state index >= 15 is 0 Å². The molecule has 6 heteroatoms. The van der Waals surface area contributed by atoms with Gasteiger partial charge in [0.2, 0.25) is 5.91 Å². The van der Waals surface area contributed by atoms with E-state index in [0.717, 1.165) is 0 Å². The van der Waals surface area contributed by atoms with Crippen LogP contribution >= 0.6 is 0 Å². The van der Waals surface area contributed by atoms with Crippen LogP contribution in [0.3, 0.4) is 0 Å². The monoisotopic (exact) mass is 281 g/mol. The summed E-state index contributed by atoms with van der Waals surface area (Å²) in [6.07, 6.45) is -3.42. The van der Waals surface area contributed by atoms with Crippen molar-refractivity contribution < 1.29 is 23.1 Å². The summed E-state index contributed by atoms with van der Waals surface area (Å²) in [7, 11) is 1.64. The molecule has 1 unspecified atom stereocenters. The minimum Gasteiger partial charge on any atom is -0.393 e. The molecule has 1 amide bonds. The molecule has 1 aliphatic carbocycles. The zero-order valence-electron chi connectivity index (χ0n) is 11.4. The van der Waals surface area contributed by atoms with Gasteiger partial charge >= 0.3 is 6.18 Å². The number of nitrogens with zero attached hydrogens (tertiary/aromatic N) is 1. The topological polar surface area (TPSA) is 40.5 Å². The van der Waals surface area contributed by atoms with Crippen LogP contribution in [0.2, 0.25) is 0 Å². The summed E-state index contributed by atoms with van der Waals surface area (Å²) in [6.45, 7) is 2.09. The molecule has 0 aromatic heterocycles. The van der Waals surface area contributed by atoms with E-state index in [1.165, 1.54) is 4.90 Å². The number of alkyl halides is 3. The largest absolute Gasteiger partial charge is 0.393 e. The lowest BCUT2D eigenvalue weighted by Gasteiger charge is -2.31. The Bertz CT molecular complexity index is 297. The molecule has 1 N–H and O–H groups in total. The van der Waals surface area contributed by atoms with E-state index in [0.29, 0.717) is 25.8 Å². The maximum Gasteiger partial charge on any atom is 0.391 e. The molecule has 0 spiro atoms. The highest BCUT2D eigenvalue weighted by Gasteiger charge is 2.42. The second-order valence-corrected chi connectivity index (χ2v) is 5.49. The zero-order valence-corrected chi connectivity index (χ0v) is 11.4. The number of aliphatic hydroxyl groups excluding tert-OH is 1. The number of aliphatic hydroxyl groups is 1. The lowest BCUT2D eigenvalue weighted by Crippen LogP contribution is -2.38. The van der Waals surface area contributed by atoms with E-state index in [4.69, 9.17) is 5.11 Å². The summed E-state index contributed by atoms with van der Waals surface area (Å²) in [6, 6.07) is 0. The van der Waals surface area contributed by atoms with E-state index in [2.05, 4.69) is 0 Å². The molecule has 3 nitrogen and oxygen atoms in total. The summed E-state index contributed by atoms with van der Waals surface area (Å²) < 4.78 is 37.5. The van der Waals surface area contributed by atoms with Crippen LogP contribution in [0.25, 0.3) is 0 Å². The molecule has 1 rings (SSSR count). The van der Waals surface area contributed by atoms with Gasteiger partial charge in [0.05, 0.1) is 12.0 Å². The van der Waals surface area contributed by atoms with E-state index in [9.17, 15) is 18.0 Å². The molecular formula is C13H22F3NO2. The third kappa shape index (κ3) is 5.01. The second kappa shape index (κ2) is 6.59. The van der Waals surface area contributed by atoms with Crippen molar-refractivity contribution in [3.05, 3.63) is 0 Å². The molecule has 1 saturated carbocycles. The Morgan fingerprint density at radius 1 is 1.32 bits per heavy atom. The Morgan fingerprint density at radius 2 is 1.84 bits per heavy atom. The SMILES string of the molecule is CC(O)CCN(C)C(=O)C1CCC(C(F)(F)F)CC1. The van der Waals surface area contributed by atoms with Gasteiger partial charge in [-0.05, 0) is 39.0 Å². The van der Waals surface area contributed by atoms with Gasteiger partial charge in [0.25, 0.3) is 0 Å². The number of carbonyl (C=O) groups is 1. The van der Waals surface area contributed by atoms with Crippen LogP contribution in [0.15, 0.2) is 0 Å². The smallest absolute Gasteiger partial charge is 0.391 e. The fourth-order valence-electron chi connectivity index (χ4n) is 2.47. The van der Waals surface area contributed by atoms with Crippen molar-refractivity contribution in [2.75, 3.05) is 13.6 Å². The van der Waals surface area contributed by atoms with E-state index in [-0.39, 0.29) is 24.7 Å². The maximum absolute atomic E-state index is 12.5. The molecule has 1 aliphatic rings. The lowest BCUT2D eigenvalue weighted by atomic mass is 9.81. The Kier molecular flexibility index (Phi) is 5.64. The summed E-state index contributed by atoms with van der Waals surface area (Å²) >= 11 is 0. The minimum absolute atomic E-state index is 0.0458. The van der Waals surface area contributed by atoms with Crippen LogP contribution < -0.4 is 0 Å². The van der Waals surface area contributed by atoms with Crippen LogP contribution in [0.5, 0.6) is 0 Å². The molecule has 0 aliphatic heterocycles. The van der Waals surface area contributed by atoms with Crippen molar-refractivity contribution in [2.45, 2.75) is 51.3 Å². The van der Waals surface area contributed by atoms with Gasteiger partial charge in [0.1, 0.15) is 0 Å². The van der Waals surface area contributed by atoms with Crippen molar-refractivity contribution in [3.63, 3.8) is 0 Å². The lowest BCUT2D eigenvalue weighted by molar-refractivity contribution is -0.185. The molecule has 112 valence electrons. The first-order valence-electron chi connectivity index (χ1n) is 6.71. The van der Waals surface area contributed by atoms with E-state index in [1.807, 2.05) is 0 Å². The van der Waals surface area contributed by atoms with Crippen LogP contribution in [-0.4, -0.2) is 41.8 Å². The first-order chi connectivity index (χ1) is 8.71. The van der Waals surface area contributed by atoms with Gasteiger partial charge in [-0.15, -0.1) is 0 Å². The summed E-state index contributed by atoms with van der Waals surface area (Å²) in [5, 5.41) is 9.15. The van der Waals surface area contributed by atoms with E-state index in [1.54, 1.807) is 14.0 Å². The number of rotatable bonds is 4. The van der Waals surface area contributed by atoms with Crippen molar-refractivity contribution in [1.82, 2.24) is 4.90 Å². The summed E-state index contributed by atoms with van der Waals surface area (Å²) in [4.78, 5) is 13.5. The molecule has 0 bridgehead atoms.